The van der Waals surface area contributed by atoms with Crippen molar-refractivity contribution in [3.05, 3.63) is 83.9 Å². The lowest BCUT2D eigenvalue weighted by Gasteiger charge is -2.40. The summed E-state index contributed by atoms with van der Waals surface area (Å²) in [5.74, 6) is 1.54. The monoisotopic (exact) mass is 547 g/mol. The number of rotatable bonds is 8. The van der Waals surface area contributed by atoms with Crippen molar-refractivity contribution in [2.75, 3.05) is 25.4 Å². The second-order valence-corrected chi connectivity index (χ2v) is 10.6. The zero-order chi connectivity index (χ0) is 27.4. The van der Waals surface area contributed by atoms with E-state index in [1.54, 1.807) is 22.9 Å². The molecule has 4 aromatic rings. The highest BCUT2D eigenvalue weighted by Gasteiger charge is 2.30. The van der Waals surface area contributed by atoms with E-state index in [-0.39, 0.29) is 23.7 Å². The first-order valence-electron chi connectivity index (χ1n) is 12.9. The molecule has 1 aliphatic rings. The average Bonchev–Trinajstić information content (AvgIpc) is 3.61. The number of hydrogen-bond acceptors (Lipinski definition) is 6. The van der Waals surface area contributed by atoms with Crippen LogP contribution in [0.5, 0.6) is 0 Å². The fourth-order valence-electron chi connectivity index (χ4n) is 4.75. The average molecular weight is 548 g/mol. The van der Waals surface area contributed by atoms with E-state index in [9.17, 15) is 14.0 Å². The fourth-order valence-corrected chi connectivity index (χ4v) is 5.63. The number of aromatic nitrogens is 3. The zero-order valence-electron chi connectivity index (χ0n) is 21.9. The molecule has 0 spiro atoms. The van der Waals surface area contributed by atoms with Crippen LogP contribution in [-0.2, 0) is 4.79 Å². The molecule has 1 saturated heterocycles. The molecule has 0 N–H and O–H groups in total. The van der Waals surface area contributed by atoms with E-state index in [4.69, 9.17) is 4.42 Å². The molecule has 0 saturated carbocycles. The first kappa shape index (κ1) is 26.7. The third kappa shape index (κ3) is 5.90. The molecule has 5 rings (SSSR count). The first-order valence-corrected chi connectivity index (χ1v) is 13.9. The van der Waals surface area contributed by atoms with Crippen LogP contribution < -0.4 is 0 Å². The molecule has 1 unspecified atom stereocenters. The quantitative estimate of drug-likeness (QED) is 0.222. The topological polar surface area (TPSA) is 84.5 Å². The molecule has 1 atom stereocenters. The molecule has 2 amide bonds. The summed E-state index contributed by atoms with van der Waals surface area (Å²) >= 11 is 1.56. The Labute approximate surface area is 230 Å². The number of furan rings is 1. The number of para-hydroxylation sites is 1. The van der Waals surface area contributed by atoms with Gasteiger partial charge < -0.3 is 14.2 Å². The molecule has 0 radical (unpaired) electrons. The maximum Gasteiger partial charge on any atom is 0.254 e. The minimum Gasteiger partial charge on any atom is -0.461 e. The third-order valence-electron chi connectivity index (χ3n) is 6.83. The number of hydrogen-bond donors (Lipinski definition) is 0. The van der Waals surface area contributed by atoms with Crippen molar-refractivity contribution >= 4 is 23.6 Å². The van der Waals surface area contributed by atoms with E-state index in [1.807, 2.05) is 59.7 Å². The lowest BCUT2D eigenvalue weighted by Crippen LogP contribution is -2.55. The van der Waals surface area contributed by atoms with Crippen LogP contribution in [0, 0.1) is 12.7 Å². The highest BCUT2D eigenvalue weighted by atomic mass is 32.2. The van der Waals surface area contributed by atoms with Gasteiger partial charge in [-0.15, -0.1) is 10.2 Å². The van der Waals surface area contributed by atoms with Gasteiger partial charge in [-0.05, 0) is 68.3 Å². The van der Waals surface area contributed by atoms with Crippen LogP contribution in [-0.4, -0.2) is 67.8 Å². The van der Waals surface area contributed by atoms with Gasteiger partial charge in [0.2, 0.25) is 11.7 Å². The molecular formula is C29H30FN5O3S. The van der Waals surface area contributed by atoms with Crippen molar-refractivity contribution in [1.29, 1.82) is 0 Å². The van der Waals surface area contributed by atoms with E-state index >= 15 is 0 Å². The maximum absolute atomic E-state index is 13.2. The Bertz CT molecular complexity index is 1440. The van der Waals surface area contributed by atoms with Gasteiger partial charge in [-0.2, -0.15) is 0 Å². The number of piperazine rings is 1. The maximum atomic E-state index is 13.2. The molecule has 202 valence electrons. The Hall–Kier alpha value is -3.92. The highest BCUT2D eigenvalue weighted by Crippen LogP contribution is 2.30. The molecule has 1 aliphatic heterocycles. The van der Waals surface area contributed by atoms with Crippen molar-refractivity contribution in [1.82, 2.24) is 24.6 Å². The van der Waals surface area contributed by atoms with Gasteiger partial charge in [0.1, 0.15) is 5.82 Å². The van der Waals surface area contributed by atoms with Gasteiger partial charge in [0, 0.05) is 43.4 Å². The van der Waals surface area contributed by atoms with Crippen LogP contribution in [0.15, 0.2) is 76.5 Å². The number of amides is 2. The number of nitrogens with zero attached hydrogens (tertiary/aromatic N) is 5. The molecular weight excluding hydrogens is 517 g/mol. The Morgan fingerprint density at radius 3 is 2.56 bits per heavy atom. The summed E-state index contributed by atoms with van der Waals surface area (Å²) < 4.78 is 20.8. The predicted molar refractivity (Wildman–Crippen MR) is 147 cm³/mol. The molecule has 0 aliphatic carbocycles. The number of halogens is 1. The van der Waals surface area contributed by atoms with Crippen molar-refractivity contribution in [2.45, 2.75) is 37.9 Å². The summed E-state index contributed by atoms with van der Waals surface area (Å²) in [6.07, 6.45) is 2.71. The summed E-state index contributed by atoms with van der Waals surface area (Å²) in [5, 5.41) is 9.56. The predicted octanol–water partition coefficient (Wildman–Crippen LogP) is 5.22. The van der Waals surface area contributed by atoms with Gasteiger partial charge in [0.05, 0.1) is 12.0 Å². The number of benzene rings is 2. The standard InChI is InChI=1S/C29H30FN5O3S/c1-20-7-3-4-8-24(20)35-27(25-9-5-17-38-25)31-32-29(35)39-18-6-10-26(36)33-15-16-34(21(2)19-33)28(37)22-11-13-23(30)14-12-22/h3-5,7-9,11-14,17,21H,6,10,15-16,18-19H2,1-2H3. The van der Waals surface area contributed by atoms with E-state index in [0.717, 1.165) is 16.4 Å². The second kappa shape index (κ2) is 11.9. The van der Waals surface area contributed by atoms with E-state index in [1.165, 1.54) is 24.3 Å². The second-order valence-electron chi connectivity index (χ2n) is 9.55. The number of thioether (sulfide) groups is 1. The van der Waals surface area contributed by atoms with Crippen molar-refractivity contribution in [3.8, 4) is 17.3 Å². The first-order chi connectivity index (χ1) is 18.9. The molecule has 2 aromatic carbocycles. The lowest BCUT2D eigenvalue weighted by molar-refractivity contribution is -0.133. The zero-order valence-corrected chi connectivity index (χ0v) is 22.7. The molecule has 10 heteroatoms. The summed E-state index contributed by atoms with van der Waals surface area (Å²) in [6, 6.07) is 17.2. The number of carbonyl (C=O) groups is 2. The molecule has 39 heavy (non-hydrogen) atoms. The van der Waals surface area contributed by atoms with Gasteiger partial charge in [-0.1, -0.05) is 30.0 Å². The SMILES string of the molecule is Cc1ccccc1-n1c(SCCCC(=O)N2CCN(C(=O)c3ccc(F)cc3)C(C)C2)nnc1-c1ccco1. The van der Waals surface area contributed by atoms with Crippen molar-refractivity contribution in [2.24, 2.45) is 0 Å². The van der Waals surface area contributed by atoms with Crippen LogP contribution in [0.2, 0.25) is 0 Å². The van der Waals surface area contributed by atoms with Gasteiger partial charge in [0.15, 0.2) is 10.9 Å². The Morgan fingerprint density at radius 2 is 1.85 bits per heavy atom. The van der Waals surface area contributed by atoms with E-state index < -0.39 is 0 Å². The van der Waals surface area contributed by atoms with Crippen LogP contribution in [0.4, 0.5) is 4.39 Å². The molecule has 2 aromatic heterocycles. The Morgan fingerprint density at radius 1 is 1.05 bits per heavy atom. The minimum atomic E-state index is -0.374. The van der Waals surface area contributed by atoms with Gasteiger partial charge in [0.25, 0.3) is 5.91 Å². The van der Waals surface area contributed by atoms with Crippen molar-refractivity contribution in [3.63, 3.8) is 0 Å². The number of aryl methyl sites for hydroxylation is 1. The van der Waals surface area contributed by atoms with Gasteiger partial charge >= 0.3 is 0 Å². The summed E-state index contributed by atoms with van der Waals surface area (Å²) in [7, 11) is 0. The fraction of sp³-hybridized carbons (Fsp3) is 0.310. The van der Waals surface area contributed by atoms with E-state index in [0.29, 0.717) is 55.4 Å². The Kier molecular flexibility index (Phi) is 8.11. The smallest absolute Gasteiger partial charge is 0.254 e. The van der Waals surface area contributed by atoms with Gasteiger partial charge in [-0.3, -0.25) is 14.2 Å². The van der Waals surface area contributed by atoms with Crippen LogP contribution in [0.3, 0.4) is 0 Å². The summed E-state index contributed by atoms with van der Waals surface area (Å²) in [6.45, 7) is 5.39. The van der Waals surface area contributed by atoms with Crippen molar-refractivity contribution < 1.29 is 18.4 Å². The minimum absolute atomic E-state index is 0.0768. The van der Waals surface area contributed by atoms with Crippen LogP contribution in [0.25, 0.3) is 17.3 Å². The normalized spacial score (nSPS) is 15.5. The van der Waals surface area contributed by atoms with E-state index in [2.05, 4.69) is 10.2 Å². The number of carbonyl (C=O) groups excluding carboxylic acids is 2. The van der Waals surface area contributed by atoms with Crippen LogP contribution >= 0.6 is 11.8 Å². The largest absolute Gasteiger partial charge is 0.461 e. The van der Waals surface area contributed by atoms with Gasteiger partial charge in [-0.25, -0.2) is 4.39 Å². The summed E-state index contributed by atoms with van der Waals surface area (Å²) in [4.78, 5) is 29.4. The highest BCUT2D eigenvalue weighted by molar-refractivity contribution is 7.99. The third-order valence-corrected chi connectivity index (χ3v) is 7.84. The molecule has 8 nitrogen and oxygen atoms in total. The Balaban J connectivity index is 1.16. The summed E-state index contributed by atoms with van der Waals surface area (Å²) in [5.41, 5.74) is 2.52. The molecule has 1 fully saturated rings. The molecule has 3 heterocycles. The molecule has 0 bridgehead atoms. The lowest BCUT2D eigenvalue weighted by atomic mass is 10.1. The van der Waals surface area contributed by atoms with Crippen LogP contribution in [0.1, 0.15) is 35.7 Å².